The molecule has 1 fully saturated rings. The van der Waals surface area contributed by atoms with Crippen LogP contribution in [0.2, 0.25) is 0 Å². The highest BCUT2D eigenvalue weighted by Gasteiger charge is 2.49. The van der Waals surface area contributed by atoms with Crippen LogP contribution in [0.5, 0.6) is 5.75 Å². The predicted molar refractivity (Wildman–Crippen MR) is 70.7 cm³/mol. The molecule has 116 valence electrons. The molecule has 0 aliphatic heterocycles. The minimum Gasteiger partial charge on any atom is -0.376 e. The maximum atomic E-state index is 12.5. The molecule has 0 radical (unpaired) electrons. The topological polar surface area (TPSA) is 43.4 Å². The van der Waals surface area contributed by atoms with Crippen LogP contribution in [0.4, 0.5) is 13.2 Å². The number of aryl methyl sites for hydroxylation is 1. The normalized spacial score (nSPS) is 24.8. The predicted octanol–water partition coefficient (Wildman–Crippen LogP) is 3.98. The molecule has 0 heterocycles. The summed E-state index contributed by atoms with van der Waals surface area (Å²) in [6.45, 7) is 1.90. The Hall–Kier alpha value is -1.24. The number of benzene rings is 1. The van der Waals surface area contributed by atoms with Crippen molar-refractivity contribution < 1.29 is 25.8 Å². The first kappa shape index (κ1) is 14.7. The second-order valence-corrected chi connectivity index (χ2v) is 7.28. The van der Waals surface area contributed by atoms with Gasteiger partial charge in [-0.15, -0.1) is 0 Å². The van der Waals surface area contributed by atoms with Crippen molar-refractivity contribution >= 4 is 10.1 Å². The third kappa shape index (κ3) is 2.31. The molecule has 1 saturated carbocycles. The molecule has 0 amide bonds. The lowest BCUT2D eigenvalue weighted by molar-refractivity contribution is -0.0500. The first-order valence-corrected chi connectivity index (χ1v) is 8.25. The zero-order valence-electron chi connectivity index (χ0n) is 11.4. The van der Waals surface area contributed by atoms with Crippen molar-refractivity contribution in [1.29, 1.82) is 0 Å². The SMILES string of the molecule is Cc1ccc(OS(=O)(=O)C(F)(F)F)c2c1C1CCC2CC1. The molecule has 0 aromatic heterocycles. The van der Waals surface area contributed by atoms with E-state index in [1.54, 1.807) is 6.07 Å². The van der Waals surface area contributed by atoms with E-state index in [0.717, 1.165) is 36.8 Å². The van der Waals surface area contributed by atoms with Gasteiger partial charge >= 0.3 is 15.6 Å². The minimum atomic E-state index is -5.61. The van der Waals surface area contributed by atoms with Crippen molar-refractivity contribution in [2.75, 3.05) is 0 Å². The van der Waals surface area contributed by atoms with E-state index in [-0.39, 0.29) is 11.7 Å². The van der Waals surface area contributed by atoms with Crippen LogP contribution >= 0.6 is 0 Å². The number of hydrogen-bond donors (Lipinski definition) is 0. The van der Waals surface area contributed by atoms with Crippen molar-refractivity contribution in [3.05, 3.63) is 28.8 Å². The molecule has 3 nitrogen and oxygen atoms in total. The van der Waals surface area contributed by atoms with Gasteiger partial charge in [0.1, 0.15) is 5.75 Å². The third-order valence-corrected chi connectivity index (χ3v) is 5.46. The zero-order chi connectivity index (χ0) is 15.4. The number of alkyl halides is 3. The van der Waals surface area contributed by atoms with Gasteiger partial charge in [-0.2, -0.15) is 21.6 Å². The Labute approximate surface area is 121 Å². The van der Waals surface area contributed by atoms with Crippen LogP contribution in [0.15, 0.2) is 12.1 Å². The lowest BCUT2D eigenvalue weighted by Gasteiger charge is -2.40. The Morgan fingerprint density at radius 2 is 1.57 bits per heavy atom. The lowest BCUT2D eigenvalue weighted by atomic mass is 9.65. The summed E-state index contributed by atoms with van der Waals surface area (Å²) in [6, 6.07) is 2.99. The second kappa shape index (κ2) is 4.63. The van der Waals surface area contributed by atoms with Gasteiger partial charge in [-0.05, 0) is 61.6 Å². The van der Waals surface area contributed by atoms with E-state index < -0.39 is 15.6 Å². The van der Waals surface area contributed by atoms with Crippen molar-refractivity contribution in [1.82, 2.24) is 0 Å². The highest BCUT2D eigenvalue weighted by molar-refractivity contribution is 7.88. The van der Waals surface area contributed by atoms with Gasteiger partial charge in [0, 0.05) is 5.56 Å². The fraction of sp³-hybridized carbons (Fsp3) is 0.571. The maximum absolute atomic E-state index is 12.5. The molecule has 0 unspecified atom stereocenters. The average Bonchev–Trinajstić information content (AvgIpc) is 2.41. The van der Waals surface area contributed by atoms with E-state index in [1.807, 2.05) is 6.92 Å². The molecule has 7 heteroatoms. The molecule has 4 rings (SSSR count). The van der Waals surface area contributed by atoms with Gasteiger partial charge in [0.2, 0.25) is 0 Å². The maximum Gasteiger partial charge on any atom is 0.534 e. The lowest BCUT2D eigenvalue weighted by Crippen LogP contribution is -2.30. The molecule has 21 heavy (non-hydrogen) atoms. The van der Waals surface area contributed by atoms with Crippen molar-refractivity contribution in [3.63, 3.8) is 0 Å². The van der Waals surface area contributed by atoms with Crippen LogP contribution in [-0.4, -0.2) is 13.9 Å². The zero-order valence-corrected chi connectivity index (χ0v) is 12.2. The highest BCUT2D eigenvalue weighted by atomic mass is 32.2. The van der Waals surface area contributed by atoms with Crippen LogP contribution in [0, 0.1) is 6.92 Å². The van der Waals surface area contributed by atoms with Crippen molar-refractivity contribution in [2.45, 2.75) is 50.0 Å². The fourth-order valence-corrected chi connectivity index (χ4v) is 4.07. The summed E-state index contributed by atoms with van der Waals surface area (Å²) in [5.41, 5.74) is -2.74. The van der Waals surface area contributed by atoms with Gasteiger partial charge in [0.15, 0.2) is 0 Å². The van der Waals surface area contributed by atoms with Gasteiger partial charge < -0.3 is 4.18 Å². The first-order chi connectivity index (χ1) is 9.71. The molecule has 0 saturated heterocycles. The van der Waals surface area contributed by atoms with E-state index in [0.29, 0.717) is 11.5 Å². The Bertz CT molecular complexity index is 671. The van der Waals surface area contributed by atoms with Crippen LogP contribution < -0.4 is 4.18 Å². The summed E-state index contributed by atoms with van der Waals surface area (Å²) >= 11 is 0. The number of halogens is 3. The molecule has 3 aliphatic rings. The molecule has 3 aliphatic carbocycles. The molecular weight excluding hydrogens is 305 g/mol. The van der Waals surface area contributed by atoms with Crippen LogP contribution in [0.3, 0.4) is 0 Å². The van der Waals surface area contributed by atoms with Crippen LogP contribution in [-0.2, 0) is 10.1 Å². The molecule has 2 bridgehead atoms. The first-order valence-electron chi connectivity index (χ1n) is 6.85. The third-order valence-electron chi connectivity index (χ3n) is 4.49. The van der Waals surface area contributed by atoms with E-state index in [4.69, 9.17) is 0 Å². The number of fused-ring (bicyclic) bond motifs is 2. The summed E-state index contributed by atoms with van der Waals surface area (Å²) in [5, 5.41) is 0. The Kier molecular flexibility index (Phi) is 3.24. The molecule has 0 spiro atoms. The monoisotopic (exact) mass is 320 g/mol. The Morgan fingerprint density at radius 3 is 2.10 bits per heavy atom. The van der Waals surface area contributed by atoms with E-state index in [2.05, 4.69) is 4.18 Å². The standard InChI is InChI=1S/C14H15F3O3S/c1-8-2-7-11(20-21(18,19)14(15,16)17)13-10-5-3-9(4-6-10)12(8)13/h2,7,9-10H,3-6H2,1H3. The highest BCUT2D eigenvalue weighted by Crippen LogP contribution is 2.53. The smallest absolute Gasteiger partial charge is 0.376 e. The molecule has 0 N–H and O–H groups in total. The minimum absolute atomic E-state index is 0.100. The van der Waals surface area contributed by atoms with Gasteiger partial charge in [0.25, 0.3) is 0 Å². The number of hydrogen-bond acceptors (Lipinski definition) is 3. The van der Waals surface area contributed by atoms with Gasteiger partial charge in [-0.3, -0.25) is 0 Å². The van der Waals surface area contributed by atoms with E-state index in [1.165, 1.54) is 6.07 Å². The summed E-state index contributed by atoms with van der Waals surface area (Å²) in [7, 11) is -5.61. The summed E-state index contributed by atoms with van der Waals surface area (Å²) in [6.07, 6.45) is 3.77. The Morgan fingerprint density at radius 1 is 1.05 bits per heavy atom. The second-order valence-electron chi connectivity index (χ2n) is 5.74. The Balaban J connectivity index is 2.09. The summed E-state index contributed by atoms with van der Waals surface area (Å²) in [5.74, 6) is 0.257. The van der Waals surface area contributed by atoms with Crippen LogP contribution in [0.1, 0.15) is 54.2 Å². The molecule has 1 aromatic rings. The fourth-order valence-electron chi connectivity index (χ4n) is 3.60. The summed E-state index contributed by atoms with van der Waals surface area (Å²) in [4.78, 5) is 0. The molecular formula is C14H15F3O3S. The quantitative estimate of drug-likeness (QED) is 0.611. The number of rotatable bonds is 2. The van der Waals surface area contributed by atoms with E-state index >= 15 is 0 Å². The average molecular weight is 320 g/mol. The largest absolute Gasteiger partial charge is 0.534 e. The van der Waals surface area contributed by atoms with Gasteiger partial charge in [-0.1, -0.05) is 6.07 Å². The molecule has 0 atom stereocenters. The van der Waals surface area contributed by atoms with E-state index in [9.17, 15) is 21.6 Å². The van der Waals surface area contributed by atoms with Crippen molar-refractivity contribution in [2.24, 2.45) is 0 Å². The van der Waals surface area contributed by atoms with Crippen molar-refractivity contribution in [3.8, 4) is 5.75 Å². The van der Waals surface area contributed by atoms with Gasteiger partial charge in [0.05, 0.1) is 0 Å². The summed E-state index contributed by atoms with van der Waals surface area (Å²) < 4.78 is 64.4. The van der Waals surface area contributed by atoms with Crippen LogP contribution in [0.25, 0.3) is 0 Å². The molecule has 1 aromatic carbocycles. The van der Waals surface area contributed by atoms with Gasteiger partial charge in [-0.25, -0.2) is 0 Å².